The van der Waals surface area contributed by atoms with Gasteiger partial charge < -0.3 is 14.8 Å². The fourth-order valence-corrected chi connectivity index (χ4v) is 2.63. The highest BCUT2D eigenvalue weighted by Crippen LogP contribution is 2.29. The quantitative estimate of drug-likeness (QED) is 0.654. The van der Waals surface area contributed by atoms with Gasteiger partial charge in [-0.25, -0.2) is 8.78 Å². The second-order valence-corrected chi connectivity index (χ2v) is 6.06. The average molecular weight is 383 g/mol. The Morgan fingerprint density at radius 3 is 2.54 bits per heavy atom. The molecule has 1 amide bonds. The van der Waals surface area contributed by atoms with Crippen LogP contribution in [0.25, 0.3) is 0 Å². The molecule has 0 spiro atoms. The van der Waals surface area contributed by atoms with E-state index in [1.807, 2.05) is 0 Å². The molecular formula is C22H19F2NO3. The first kappa shape index (κ1) is 19.4. The molecule has 0 heterocycles. The van der Waals surface area contributed by atoms with Crippen LogP contribution in [0, 0.1) is 11.6 Å². The van der Waals surface area contributed by atoms with Crippen molar-refractivity contribution in [1.29, 1.82) is 0 Å². The molecule has 0 atom stereocenters. The molecule has 4 nitrogen and oxygen atoms in total. The van der Waals surface area contributed by atoms with Gasteiger partial charge in [-0.3, -0.25) is 4.79 Å². The minimum Gasteiger partial charge on any atom is -0.493 e. The van der Waals surface area contributed by atoms with Crippen molar-refractivity contribution in [3.8, 4) is 11.5 Å². The standard InChI is InChI=1S/C22H19F2NO3/c1-27-21-11-15(13-25-22(26)16-6-4-7-18(23)12-16)9-10-20(21)28-14-17-5-2-3-8-19(17)24/h2-12H,13-14H2,1H3,(H,25,26). The fraction of sp³-hybridized carbons (Fsp3) is 0.136. The van der Waals surface area contributed by atoms with Gasteiger partial charge in [0, 0.05) is 17.7 Å². The number of halogens is 2. The van der Waals surface area contributed by atoms with Crippen LogP contribution < -0.4 is 14.8 Å². The number of carbonyl (C=O) groups excluding carboxylic acids is 1. The third-order valence-electron chi connectivity index (χ3n) is 4.11. The number of ether oxygens (including phenoxy) is 2. The van der Waals surface area contributed by atoms with Gasteiger partial charge in [0.2, 0.25) is 0 Å². The number of hydrogen-bond donors (Lipinski definition) is 1. The maximum absolute atomic E-state index is 13.7. The molecule has 144 valence electrons. The lowest BCUT2D eigenvalue weighted by molar-refractivity contribution is 0.0950. The highest BCUT2D eigenvalue weighted by Gasteiger charge is 2.10. The lowest BCUT2D eigenvalue weighted by Crippen LogP contribution is -2.22. The number of hydrogen-bond acceptors (Lipinski definition) is 3. The summed E-state index contributed by atoms with van der Waals surface area (Å²) in [6.45, 7) is 0.304. The predicted molar refractivity (Wildman–Crippen MR) is 101 cm³/mol. The van der Waals surface area contributed by atoms with Crippen molar-refractivity contribution in [2.45, 2.75) is 13.2 Å². The normalized spacial score (nSPS) is 10.4. The number of rotatable bonds is 7. The third kappa shape index (κ3) is 4.85. The first-order valence-electron chi connectivity index (χ1n) is 8.63. The van der Waals surface area contributed by atoms with Crippen LogP contribution >= 0.6 is 0 Å². The summed E-state index contributed by atoms with van der Waals surface area (Å²) in [5, 5.41) is 2.73. The van der Waals surface area contributed by atoms with E-state index in [1.165, 1.54) is 31.4 Å². The lowest BCUT2D eigenvalue weighted by Gasteiger charge is -2.13. The number of methoxy groups -OCH3 is 1. The average Bonchev–Trinajstić information content (AvgIpc) is 2.71. The van der Waals surface area contributed by atoms with Crippen LogP contribution in [0.15, 0.2) is 66.7 Å². The molecule has 28 heavy (non-hydrogen) atoms. The Morgan fingerprint density at radius 2 is 1.79 bits per heavy atom. The van der Waals surface area contributed by atoms with Crippen molar-refractivity contribution in [3.63, 3.8) is 0 Å². The van der Waals surface area contributed by atoms with Crippen molar-refractivity contribution in [2.75, 3.05) is 7.11 Å². The van der Waals surface area contributed by atoms with Crippen molar-refractivity contribution >= 4 is 5.91 Å². The molecule has 0 unspecified atom stereocenters. The van der Waals surface area contributed by atoms with Gasteiger partial charge >= 0.3 is 0 Å². The Balaban J connectivity index is 1.64. The van der Waals surface area contributed by atoms with E-state index < -0.39 is 5.82 Å². The summed E-state index contributed by atoms with van der Waals surface area (Å²) >= 11 is 0. The zero-order chi connectivity index (χ0) is 19.9. The van der Waals surface area contributed by atoms with Crippen molar-refractivity contribution in [1.82, 2.24) is 5.32 Å². The van der Waals surface area contributed by atoms with E-state index >= 15 is 0 Å². The molecule has 0 bridgehead atoms. The molecule has 3 rings (SSSR count). The molecule has 1 N–H and O–H groups in total. The van der Waals surface area contributed by atoms with Crippen molar-refractivity contribution < 1.29 is 23.0 Å². The Bertz CT molecular complexity index is 976. The zero-order valence-electron chi connectivity index (χ0n) is 15.2. The van der Waals surface area contributed by atoms with Gasteiger partial charge in [-0.2, -0.15) is 0 Å². The van der Waals surface area contributed by atoms with Gasteiger partial charge in [0.1, 0.15) is 18.2 Å². The number of amides is 1. The molecule has 0 fully saturated rings. The highest BCUT2D eigenvalue weighted by molar-refractivity contribution is 5.94. The summed E-state index contributed by atoms with van der Waals surface area (Å²) in [5.74, 6) is -0.248. The van der Waals surface area contributed by atoms with E-state index in [0.717, 1.165) is 5.56 Å². The van der Waals surface area contributed by atoms with E-state index in [0.29, 0.717) is 17.1 Å². The molecule has 0 aliphatic carbocycles. The molecule has 0 aliphatic rings. The van der Waals surface area contributed by atoms with E-state index in [4.69, 9.17) is 9.47 Å². The van der Waals surface area contributed by atoms with Crippen LogP contribution in [-0.2, 0) is 13.2 Å². The Kier molecular flexibility index (Phi) is 6.22. The van der Waals surface area contributed by atoms with Gasteiger partial charge in [0.05, 0.1) is 7.11 Å². The van der Waals surface area contributed by atoms with Crippen molar-refractivity contribution in [2.24, 2.45) is 0 Å². The topological polar surface area (TPSA) is 47.6 Å². The van der Waals surface area contributed by atoms with E-state index in [9.17, 15) is 13.6 Å². The van der Waals surface area contributed by atoms with Crippen LogP contribution in [-0.4, -0.2) is 13.0 Å². The first-order valence-corrected chi connectivity index (χ1v) is 8.63. The molecule has 0 saturated carbocycles. The lowest BCUT2D eigenvalue weighted by atomic mass is 10.1. The second kappa shape index (κ2) is 8.99. The molecule has 0 radical (unpaired) electrons. The van der Waals surface area contributed by atoms with Crippen LogP contribution in [0.5, 0.6) is 11.5 Å². The second-order valence-electron chi connectivity index (χ2n) is 6.06. The van der Waals surface area contributed by atoms with Crippen LogP contribution in [0.4, 0.5) is 8.78 Å². The third-order valence-corrected chi connectivity index (χ3v) is 4.11. The van der Waals surface area contributed by atoms with E-state index in [2.05, 4.69) is 5.32 Å². The SMILES string of the molecule is COc1cc(CNC(=O)c2cccc(F)c2)ccc1OCc1ccccc1F. The van der Waals surface area contributed by atoms with E-state index in [-0.39, 0.29) is 30.4 Å². The summed E-state index contributed by atoms with van der Waals surface area (Å²) in [5.41, 5.74) is 1.47. The van der Waals surface area contributed by atoms with Crippen LogP contribution in [0.3, 0.4) is 0 Å². The molecule has 3 aromatic rings. The zero-order valence-corrected chi connectivity index (χ0v) is 15.2. The molecular weight excluding hydrogens is 364 g/mol. The van der Waals surface area contributed by atoms with Crippen LogP contribution in [0.2, 0.25) is 0 Å². The number of benzene rings is 3. The van der Waals surface area contributed by atoms with E-state index in [1.54, 1.807) is 42.5 Å². The maximum atomic E-state index is 13.7. The van der Waals surface area contributed by atoms with Gasteiger partial charge in [-0.05, 0) is 42.0 Å². The first-order chi connectivity index (χ1) is 13.6. The summed E-state index contributed by atoms with van der Waals surface area (Å²) in [7, 11) is 1.50. The molecule has 0 aliphatic heterocycles. The molecule has 0 aromatic heterocycles. The largest absolute Gasteiger partial charge is 0.493 e. The summed E-state index contributed by atoms with van der Waals surface area (Å²) < 4.78 is 37.9. The molecule has 0 saturated heterocycles. The van der Waals surface area contributed by atoms with Gasteiger partial charge in [0.15, 0.2) is 11.5 Å². The fourth-order valence-electron chi connectivity index (χ4n) is 2.63. The maximum Gasteiger partial charge on any atom is 0.251 e. The summed E-state index contributed by atoms with van der Waals surface area (Å²) in [6, 6.07) is 17.1. The Labute approximate surface area is 161 Å². The minimum atomic E-state index is -0.467. The van der Waals surface area contributed by atoms with Crippen molar-refractivity contribution in [3.05, 3.63) is 95.1 Å². The summed E-state index contributed by atoms with van der Waals surface area (Å²) in [6.07, 6.45) is 0. The Hall–Kier alpha value is -3.41. The van der Waals surface area contributed by atoms with Gasteiger partial charge in [-0.1, -0.05) is 30.3 Å². The number of carbonyl (C=O) groups is 1. The molecule has 6 heteroatoms. The number of nitrogens with one attached hydrogen (secondary N) is 1. The monoisotopic (exact) mass is 383 g/mol. The van der Waals surface area contributed by atoms with Crippen LogP contribution in [0.1, 0.15) is 21.5 Å². The highest BCUT2D eigenvalue weighted by atomic mass is 19.1. The predicted octanol–water partition coefficient (Wildman–Crippen LogP) is 4.48. The minimum absolute atomic E-state index is 0.0681. The van der Waals surface area contributed by atoms with Gasteiger partial charge in [0.25, 0.3) is 5.91 Å². The Morgan fingerprint density at radius 1 is 0.964 bits per heavy atom. The summed E-state index contributed by atoms with van der Waals surface area (Å²) in [4.78, 5) is 12.1. The molecule has 3 aromatic carbocycles. The smallest absolute Gasteiger partial charge is 0.251 e. The van der Waals surface area contributed by atoms with Gasteiger partial charge in [-0.15, -0.1) is 0 Å².